The molecule has 3 saturated carbocycles. The van der Waals surface area contributed by atoms with Crippen LogP contribution in [0.2, 0.25) is 0 Å². The van der Waals surface area contributed by atoms with Crippen molar-refractivity contribution in [1.29, 1.82) is 0 Å². The summed E-state index contributed by atoms with van der Waals surface area (Å²) in [5, 5.41) is 0. The van der Waals surface area contributed by atoms with Crippen LogP contribution >= 0.6 is 0 Å². The van der Waals surface area contributed by atoms with E-state index in [1.54, 1.807) is 0 Å². The van der Waals surface area contributed by atoms with Crippen LogP contribution in [0.25, 0.3) is 0 Å². The molecule has 0 amide bonds. The Hall–Kier alpha value is -0.390. The first-order valence-electron chi connectivity index (χ1n) is 13.3. The predicted molar refractivity (Wildman–Crippen MR) is 128 cm³/mol. The van der Waals surface area contributed by atoms with Gasteiger partial charge < -0.3 is 4.55 Å². The van der Waals surface area contributed by atoms with E-state index in [0.717, 1.165) is 42.4 Å². The maximum atomic E-state index is 11.1. The first kappa shape index (κ1) is 24.7. The molecule has 4 aliphatic rings. The van der Waals surface area contributed by atoms with E-state index in [2.05, 4.69) is 40.7 Å². The highest BCUT2D eigenvalue weighted by Crippen LogP contribution is 2.67. The molecule has 4 nitrogen and oxygen atoms in total. The van der Waals surface area contributed by atoms with E-state index >= 15 is 0 Å². The molecule has 0 aromatic heterocycles. The van der Waals surface area contributed by atoms with Gasteiger partial charge in [0.15, 0.2) is 0 Å². The summed E-state index contributed by atoms with van der Waals surface area (Å²) < 4.78 is 38.2. The standard InChI is InChI=1S/C27H46O4S/c1-18(2)7-6-8-19(3)23-11-12-24-22-10-9-20-17-21(31-32(28,29)30)13-15-26(20,4)25(22)14-16-27(23,24)5/h9,18-19,21-25H,6-8,10-17H2,1-5H3,(H,28,29,30)/p-1/t19-,21?,22+,23-,24+,25+,26+,27-/m1/s1. The molecule has 0 heterocycles. The zero-order chi connectivity index (χ0) is 23.3. The topological polar surface area (TPSA) is 66.4 Å². The predicted octanol–water partition coefficient (Wildman–Crippen LogP) is 6.87. The smallest absolute Gasteiger partial charge is 0.217 e. The van der Waals surface area contributed by atoms with Crippen LogP contribution < -0.4 is 0 Å². The Bertz CT molecular complexity index is 818. The Labute approximate surface area is 196 Å². The number of fused-ring (bicyclic) bond motifs is 5. The summed E-state index contributed by atoms with van der Waals surface area (Å²) in [6, 6.07) is 0. The minimum Gasteiger partial charge on any atom is -0.726 e. The average Bonchev–Trinajstić information content (AvgIpc) is 3.04. The fourth-order valence-corrected chi connectivity index (χ4v) is 9.40. The van der Waals surface area contributed by atoms with E-state index in [9.17, 15) is 13.0 Å². The Morgan fingerprint density at radius 3 is 2.50 bits per heavy atom. The number of rotatable bonds is 7. The van der Waals surface area contributed by atoms with Crippen LogP contribution in [0.1, 0.15) is 105 Å². The molecule has 0 saturated heterocycles. The van der Waals surface area contributed by atoms with Crippen molar-refractivity contribution in [3.63, 3.8) is 0 Å². The highest BCUT2D eigenvalue weighted by molar-refractivity contribution is 7.80. The van der Waals surface area contributed by atoms with Gasteiger partial charge in [-0.25, -0.2) is 8.42 Å². The van der Waals surface area contributed by atoms with Crippen LogP contribution in [0, 0.1) is 46.3 Å². The first-order chi connectivity index (χ1) is 14.9. The Morgan fingerprint density at radius 1 is 1.06 bits per heavy atom. The molecule has 0 aliphatic heterocycles. The SMILES string of the molecule is CC(C)CCC[C@@H](C)[C@H]1CC[C@H]2[C@@H]3CC=C4CC(OS(=O)(=O)[O-])CC[C@]4(C)[C@H]3CC[C@]12C. The molecule has 5 heteroatoms. The van der Waals surface area contributed by atoms with Gasteiger partial charge >= 0.3 is 0 Å². The summed E-state index contributed by atoms with van der Waals surface area (Å²) in [5.41, 5.74) is 1.99. The molecule has 0 N–H and O–H groups in total. The summed E-state index contributed by atoms with van der Waals surface area (Å²) >= 11 is 0. The normalized spacial score (nSPS) is 42.7. The molecule has 0 radical (unpaired) electrons. The van der Waals surface area contributed by atoms with Gasteiger partial charge in [-0.2, -0.15) is 0 Å². The summed E-state index contributed by atoms with van der Waals surface area (Å²) in [6.45, 7) is 12.2. The van der Waals surface area contributed by atoms with Crippen molar-refractivity contribution in [2.45, 2.75) is 111 Å². The maximum absolute atomic E-state index is 11.1. The third-order valence-corrected chi connectivity index (χ3v) is 11.0. The van der Waals surface area contributed by atoms with Crippen molar-refractivity contribution in [2.24, 2.45) is 46.3 Å². The van der Waals surface area contributed by atoms with Crippen molar-refractivity contribution < 1.29 is 17.2 Å². The van der Waals surface area contributed by atoms with Gasteiger partial charge in [-0.3, -0.25) is 4.18 Å². The molecule has 4 aliphatic carbocycles. The third-order valence-electron chi connectivity index (χ3n) is 10.5. The van der Waals surface area contributed by atoms with Crippen molar-refractivity contribution >= 4 is 10.4 Å². The Kier molecular flexibility index (Phi) is 6.95. The fourth-order valence-electron chi connectivity index (χ4n) is 8.90. The van der Waals surface area contributed by atoms with E-state index in [-0.39, 0.29) is 5.41 Å². The Balaban J connectivity index is 1.47. The molecular formula is C27H45O4S-. The van der Waals surface area contributed by atoms with E-state index in [0.29, 0.717) is 24.2 Å². The molecule has 32 heavy (non-hydrogen) atoms. The second-order valence-corrected chi connectivity index (χ2v) is 13.7. The van der Waals surface area contributed by atoms with Gasteiger partial charge in [0.05, 0.1) is 6.10 Å². The lowest BCUT2D eigenvalue weighted by atomic mass is 9.47. The van der Waals surface area contributed by atoms with Crippen LogP contribution in [0.4, 0.5) is 0 Å². The van der Waals surface area contributed by atoms with Crippen molar-refractivity contribution in [1.82, 2.24) is 0 Å². The number of allylic oxidation sites excluding steroid dienone is 1. The minimum absolute atomic E-state index is 0.151. The molecule has 184 valence electrons. The van der Waals surface area contributed by atoms with Crippen LogP contribution in [0.15, 0.2) is 11.6 Å². The van der Waals surface area contributed by atoms with Crippen LogP contribution in [0.5, 0.6) is 0 Å². The van der Waals surface area contributed by atoms with E-state index in [4.69, 9.17) is 4.18 Å². The molecule has 3 fully saturated rings. The largest absolute Gasteiger partial charge is 0.726 e. The monoisotopic (exact) mass is 465 g/mol. The highest BCUT2D eigenvalue weighted by Gasteiger charge is 2.59. The Morgan fingerprint density at radius 2 is 1.81 bits per heavy atom. The molecule has 0 aromatic rings. The molecule has 4 rings (SSSR count). The van der Waals surface area contributed by atoms with Crippen LogP contribution in [-0.2, 0) is 14.6 Å². The van der Waals surface area contributed by atoms with E-state index < -0.39 is 16.5 Å². The second-order valence-electron chi connectivity index (χ2n) is 12.7. The molecule has 0 bridgehead atoms. The highest BCUT2D eigenvalue weighted by atomic mass is 32.3. The summed E-state index contributed by atoms with van der Waals surface area (Å²) in [7, 11) is -4.63. The lowest BCUT2D eigenvalue weighted by Crippen LogP contribution is -2.51. The van der Waals surface area contributed by atoms with Gasteiger partial charge in [0.2, 0.25) is 10.4 Å². The maximum Gasteiger partial charge on any atom is 0.217 e. The average molecular weight is 466 g/mol. The molecule has 0 aromatic carbocycles. The first-order valence-corrected chi connectivity index (χ1v) is 14.6. The van der Waals surface area contributed by atoms with Crippen LogP contribution in [0.3, 0.4) is 0 Å². The summed E-state index contributed by atoms with van der Waals surface area (Å²) in [6.07, 6.45) is 14.8. The minimum atomic E-state index is -4.63. The van der Waals surface area contributed by atoms with Gasteiger partial charge in [0.25, 0.3) is 0 Å². The molecule has 1 unspecified atom stereocenters. The van der Waals surface area contributed by atoms with E-state index in [1.165, 1.54) is 50.5 Å². The molecule has 0 spiro atoms. The number of hydrogen-bond donors (Lipinski definition) is 0. The lowest BCUT2D eigenvalue weighted by Gasteiger charge is -2.58. The zero-order valence-corrected chi connectivity index (χ0v) is 21.8. The van der Waals surface area contributed by atoms with E-state index in [1.807, 2.05) is 0 Å². The van der Waals surface area contributed by atoms with Crippen molar-refractivity contribution in [2.75, 3.05) is 0 Å². The van der Waals surface area contributed by atoms with Gasteiger partial charge in [0.1, 0.15) is 0 Å². The lowest BCUT2D eigenvalue weighted by molar-refractivity contribution is -0.0561. The zero-order valence-electron chi connectivity index (χ0n) is 20.9. The molecule has 8 atom stereocenters. The van der Waals surface area contributed by atoms with Gasteiger partial charge in [-0.15, -0.1) is 0 Å². The van der Waals surface area contributed by atoms with Gasteiger partial charge in [-0.1, -0.05) is 65.5 Å². The summed E-state index contributed by atoms with van der Waals surface area (Å²) in [4.78, 5) is 0. The second kappa shape index (κ2) is 9.00. The number of hydrogen-bond acceptors (Lipinski definition) is 4. The molecular weight excluding hydrogens is 420 g/mol. The van der Waals surface area contributed by atoms with Gasteiger partial charge in [-0.05, 0) is 97.7 Å². The third kappa shape index (κ3) is 4.60. The summed E-state index contributed by atoms with van der Waals surface area (Å²) in [5.74, 6) is 4.78. The van der Waals surface area contributed by atoms with Gasteiger partial charge in [0, 0.05) is 0 Å². The van der Waals surface area contributed by atoms with Crippen LogP contribution in [-0.4, -0.2) is 19.1 Å². The fraction of sp³-hybridized carbons (Fsp3) is 0.926. The quantitative estimate of drug-likeness (QED) is 0.234. The van der Waals surface area contributed by atoms with Crippen molar-refractivity contribution in [3.05, 3.63) is 11.6 Å². The van der Waals surface area contributed by atoms with Crippen molar-refractivity contribution in [3.8, 4) is 0 Å².